The number of aromatic nitrogens is 1. The van der Waals surface area contributed by atoms with Gasteiger partial charge in [-0.1, -0.05) is 0 Å². The molecule has 0 saturated carbocycles. The summed E-state index contributed by atoms with van der Waals surface area (Å²) in [7, 11) is 1.30. The molecule has 0 aliphatic rings. The molecule has 0 aliphatic carbocycles. The van der Waals surface area contributed by atoms with Gasteiger partial charge in [-0.2, -0.15) is 0 Å². The fraction of sp³-hybridized carbons (Fsp3) is 0.375. The highest BCUT2D eigenvalue weighted by Crippen LogP contribution is 2.03. The van der Waals surface area contributed by atoms with Crippen molar-refractivity contribution < 1.29 is 13.9 Å². The minimum atomic E-state index is -0.487. The number of methoxy groups -OCH3 is 1. The van der Waals surface area contributed by atoms with Gasteiger partial charge < -0.3 is 9.30 Å². The Morgan fingerprint density at radius 1 is 1.75 bits per heavy atom. The Balaban J connectivity index is 2.83. The van der Waals surface area contributed by atoms with E-state index in [9.17, 15) is 9.18 Å². The first kappa shape index (κ1) is 8.77. The Kier molecular flexibility index (Phi) is 2.85. The van der Waals surface area contributed by atoms with E-state index in [4.69, 9.17) is 0 Å². The molecule has 66 valence electrons. The lowest BCUT2D eigenvalue weighted by Crippen LogP contribution is -2.10. The molecular weight excluding hydrogens is 161 g/mol. The first-order chi connectivity index (χ1) is 5.79. The van der Waals surface area contributed by atoms with Gasteiger partial charge in [0.15, 0.2) is 0 Å². The summed E-state index contributed by atoms with van der Waals surface area (Å²) in [4.78, 5) is 11.0. The summed E-state index contributed by atoms with van der Waals surface area (Å²) < 4.78 is 17.9. The molecule has 1 rings (SSSR count). The fourth-order valence-corrected chi connectivity index (χ4v) is 0.990. The second kappa shape index (κ2) is 3.90. The number of hydrogen-bond donors (Lipinski definition) is 0. The first-order valence-electron chi connectivity index (χ1n) is 3.59. The molecule has 3 nitrogen and oxygen atoms in total. The highest BCUT2D eigenvalue weighted by atomic mass is 19.1. The number of ether oxygens (including phenoxy) is 1. The Bertz CT molecular complexity index is 270. The second-order valence-corrected chi connectivity index (χ2v) is 2.27. The maximum absolute atomic E-state index is 11.9. The van der Waals surface area contributed by atoms with Crippen molar-refractivity contribution in [3.63, 3.8) is 0 Å². The summed E-state index contributed by atoms with van der Waals surface area (Å²) in [6.07, 6.45) is 1.64. The van der Waals surface area contributed by atoms with Crippen molar-refractivity contribution >= 4 is 5.97 Å². The number of aryl methyl sites for hydroxylation is 1. The van der Waals surface area contributed by atoms with Crippen LogP contribution in [0.3, 0.4) is 0 Å². The van der Waals surface area contributed by atoms with Gasteiger partial charge in [0.2, 0.25) is 0 Å². The van der Waals surface area contributed by atoms with Gasteiger partial charge in [0.1, 0.15) is 12.4 Å². The summed E-state index contributed by atoms with van der Waals surface area (Å²) >= 11 is 0. The standard InChI is InChI=1S/C8H10FNO2/c1-12-8(11)7-3-2-5-10(7)6-4-9/h2-3,5H,4,6H2,1H3. The predicted molar refractivity (Wildman–Crippen MR) is 41.7 cm³/mol. The van der Waals surface area contributed by atoms with Gasteiger partial charge in [-0.15, -0.1) is 0 Å². The van der Waals surface area contributed by atoms with Crippen LogP contribution in [0.25, 0.3) is 0 Å². The van der Waals surface area contributed by atoms with E-state index in [1.54, 1.807) is 18.3 Å². The van der Waals surface area contributed by atoms with Crippen molar-refractivity contribution in [3.05, 3.63) is 24.0 Å². The van der Waals surface area contributed by atoms with Crippen LogP contribution in [0, 0.1) is 0 Å². The lowest BCUT2D eigenvalue weighted by molar-refractivity contribution is 0.0588. The van der Waals surface area contributed by atoms with E-state index in [0.717, 1.165) is 0 Å². The van der Waals surface area contributed by atoms with E-state index in [0.29, 0.717) is 5.69 Å². The van der Waals surface area contributed by atoms with E-state index >= 15 is 0 Å². The Morgan fingerprint density at radius 2 is 2.50 bits per heavy atom. The monoisotopic (exact) mass is 171 g/mol. The van der Waals surface area contributed by atoms with Crippen LogP contribution in [0.5, 0.6) is 0 Å². The molecule has 0 aromatic carbocycles. The number of halogens is 1. The van der Waals surface area contributed by atoms with E-state index in [1.807, 2.05) is 0 Å². The van der Waals surface area contributed by atoms with E-state index in [2.05, 4.69) is 4.74 Å². The van der Waals surface area contributed by atoms with Crippen LogP contribution in [0.1, 0.15) is 10.5 Å². The fourth-order valence-electron chi connectivity index (χ4n) is 0.990. The largest absolute Gasteiger partial charge is 0.464 e. The molecule has 0 spiro atoms. The molecule has 0 saturated heterocycles. The highest BCUT2D eigenvalue weighted by molar-refractivity contribution is 5.87. The molecule has 0 aliphatic heterocycles. The van der Waals surface area contributed by atoms with Gasteiger partial charge in [0.25, 0.3) is 0 Å². The Morgan fingerprint density at radius 3 is 3.08 bits per heavy atom. The third kappa shape index (κ3) is 1.64. The quantitative estimate of drug-likeness (QED) is 0.641. The van der Waals surface area contributed by atoms with Gasteiger partial charge in [-0.25, -0.2) is 9.18 Å². The first-order valence-corrected chi connectivity index (χ1v) is 3.59. The van der Waals surface area contributed by atoms with Crippen molar-refractivity contribution in [1.82, 2.24) is 4.57 Å². The van der Waals surface area contributed by atoms with Crippen LogP contribution < -0.4 is 0 Å². The van der Waals surface area contributed by atoms with Crippen LogP contribution in [-0.4, -0.2) is 24.3 Å². The van der Waals surface area contributed by atoms with Crippen LogP contribution in [0.15, 0.2) is 18.3 Å². The second-order valence-electron chi connectivity index (χ2n) is 2.27. The topological polar surface area (TPSA) is 31.2 Å². The van der Waals surface area contributed by atoms with Crippen LogP contribution in [-0.2, 0) is 11.3 Å². The number of esters is 1. The van der Waals surface area contributed by atoms with Gasteiger partial charge in [0.05, 0.1) is 13.7 Å². The van der Waals surface area contributed by atoms with Crippen molar-refractivity contribution in [2.75, 3.05) is 13.8 Å². The lowest BCUT2D eigenvalue weighted by Gasteiger charge is -2.03. The normalized spacial score (nSPS) is 9.83. The molecule has 0 radical (unpaired) electrons. The molecule has 0 atom stereocenters. The smallest absolute Gasteiger partial charge is 0.354 e. The van der Waals surface area contributed by atoms with E-state index in [-0.39, 0.29) is 6.54 Å². The van der Waals surface area contributed by atoms with Gasteiger partial charge >= 0.3 is 5.97 Å². The Labute approximate surface area is 69.8 Å². The molecule has 1 aromatic heterocycles. The minimum Gasteiger partial charge on any atom is -0.464 e. The van der Waals surface area contributed by atoms with E-state index < -0.39 is 12.6 Å². The zero-order chi connectivity index (χ0) is 8.97. The average molecular weight is 171 g/mol. The SMILES string of the molecule is COC(=O)c1cccn1CCF. The molecule has 4 heteroatoms. The minimum absolute atomic E-state index is 0.192. The molecule has 0 N–H and O–H groups in total. The molecule has 0 bridgehead atoms. The highest BCUT2D eigenvalue weighted by Gasteiger charge is 2.09. The number of hydrogen-bond acceptors (Lipinski definition) is 2. The van der Waals surface area contributed by atoms with Gasteiger partial charge in [-0.3, -0.25) is 0 Å². The summed E-state index contributed by atoms with van der Waals surface area (Å²) in [5.41, 5.74) is 0.384. The van der Waals surface area contributed by atoms with Crippen LogP contribution in [0.4, 0.5) is 4.39 Å². The zero-order valence-corrected chi connectivity index (χ0v) is 6.79. The van der Waals surface area contributed by atoms with Crippen LogP contribution >= 0.6 is 0 Å². The molecular formula is C8H10FNO2. The van der Waals surface area contributed by atoms with Crippen molar-refractivity contribution in [3.8, 4) is 0 Å². The maximum atomic E-state index is 11.9. The summed E-state index contributed by atoms with van der Waals surface area (Å²) in [6, 6.07) is 3.28. The zero-order valence-electron chi connectivity index (χ0n) is 6.79. The summed E-state index contributed by atoms with van der Waals surface area (Å²) in [6.45, 7) is -0.296. The van der Waals surface area contributed by atoms with Crippen LogP contribution in [0.2, 0.25) is 0 Å². The maximum Gasteiger partial charge on any atom is 0.354 e. The summed E-state index contributed by atoms with van der Waals surface area (Å²) in [5.74, 6) is -0.437. The molecule has 1 heterocycles. The lowest BCUT2D eigenvalue weighted by atomic mass is 10.4. The number of alkyl halides is 1. The van der Waals surface area contributed by atoms with E-state index in [1.165, 1.54) is 11.7 Å². The van der Waals surface area contributed by atoms with Gasteiger partial charge in [-0.05, 0) is 12.1 Å². The average Bonchev–Trinajstić information content (AvgIpc) is 2.52. The third-order valence-electron chi connectivity index (χ3n) is 1.55. The van der Waals surface area contributed by atoms with Crippen molar-refractivity contribution in [2.45, 2.75) is 6.54 Å². The van der Waals surface area contributed by atoms with Crippen molar-refractivity contribution in [2.24, 2.45) is 0 Å². The molecule has 1 aromatic rings. The third-order valence-corrected chi connectivity index (χ3v) is 1.55. The number of rotatable bonds is 3. The number of carbonyl (C=O) groups is 1. The predicted octanol–water partition coefficient (Wildman–Crippen LogP) is 1.24. The molecule has 12 heavy (non-hydrogen) atoms. The molecule has 0 fully saturated rings. The number of nitrogens with zero attached hydrogens (tertiary/aromatic N) is 1. The van der Waals surface area contributed by atoms with Gasteiger partial charge in [0, 0.05) is 6.20 Å². The Hall–Kier alpha value is -1.32. The molecule has 0 amide bonds. The molecule has 0 unspecified atom stereocenters. The summed E-state index contributed by atoms with van der Waals surface area (Å²) in [5, 5.41) is 0. The number of carbonyl (C=O) groups excluding carboxylic acids is 1. The van der Waals surface area contributed by atoms with Crippen molar-refractivity contribution in [1.29, 1.82) is 0 Å².